The maximum atomic E-state index is 13.0. The van der Waals surface area contributed by atoms with Gasteiger partial charge in [-0.25, -0.2) is 15.0 Å². The van der Waals surface area contributed by atoms with Crippen LogP contribution in [0.25, 0.3) is 11.2 Å². The molecule has 0 radical (unpaired) electrons. The van der Waals surface area contributed by atoms with Gasteiger partial charge >= 0.3 is 6.18 Å². The summed E-state index contributed by atoms with van der Waals surface area (Å²) < 4.78 is 40.6. The Morgan fingerprint density at radius 1 is 1.25 bits per heavy atom. The monoisotopic (exact) mass is 502 g/mol. The number of carbonyl (C=O) groups is 1. The maximum Gasteiger partial charge on any atom is 0.416 e. The Labute approximate surface area is 204 Å². The van der Waals surface area contributed by atoms with E-state index in [2.05, 4.69) is 37.4 Å². The van der Waals surface area contributed by atoms with Gasteiger partial charge in [0, 0.05) is 19.7 Å². The Morgan fingerprint density at radius 2 is 2.00 bits per heavy atom. The molecule has 1 unspecified atom stereocenters. The van der Waals surface area contributed by atoms with E-state index < -0.39 is 35.4 Å². The lowest BCUT2D eigenvalue weighted by Gasteiger charge is -2.29. The molecule has 0 bridgehead atoms. The second-order valence-electron chi connectivity index (χ2n) is 8.59. The van der Waals surface area contributed by atoms with E-state index in [1.54, 1.807) is 18.5 Å². The summed E-state index contributed by atoms with van der Waals surface area (Å²) in [6, 6.07) is 3.90. The minimum absolute atomic E-state index is 0.0205. The fourth-order valence-corrected chi connectivity index (χ4v) is 4.70. The molecule has 0 spiro atoms. The van der Waals surface area contributed by atoms with Gasteiger partial charge in [-0.15, -0.1) is 0 Å². The van der Waals surface area contributed by atoms with Crippen molar-refractivity contribution in [1.82, 2.24) is 24.8 Å². The molecule has 1 aliphatic carbocycles. The molecule has 0 saturated heterocycles. The molecule has 4 atom stereocenters. The van der Waals surface area contributed by atoms with Crippen molar-refractivity contribution in [3.05, 3.63) is 47.5 Å². The minimum atomic E-state index is -4.49. The number of hydrogen-bond acceptors (Lipinski definition) is 7. The predicted octanol–water partition coefficient (Wildman–Crippen LogP) is 2.10. The summed E-state index contributed by atoms with van der Waals surface area (Å²) in [6.07, 6.45) is -5.18. The van der Waals surface area contributed by atoms with Gasteiger partial charge in [-0.2, -0.15) is 13.2 Å². The van der Waals surface area contributed by atoms with Crippen molar-refractivity contribution in [3.8, 4) is 11.8 Å². The summed E-state index contributed by atoms with van der Waals surface area (Å²) >= 11 is 0. The molecule has 9 nitrogen and oxygen atoms in total. The van der Waals surface area contributed by atoms with Crippen LogP contribution in [-0.4, -0.2) is 61.9 Å². The van der Waals surface area contributed by atoms with Crippen LogP contribution in [0.15, 0.2) is 30.6 Å². The van der Waals surface area contributed by atoms with Crippen LogP contribution < -0.4 is 10.6 Å². The second-order valence-corrected chi connectivity index (χ2v) is 8.59. The van der Waals surface area contributed by atoms with Crippen molar-refractivity contribution in [2.75, 3.05) is 19.4 Å². The first kappa shape index (κ1) is 25.4. The zero-order valence-corrected chi connectivity index (χ0v) is 19.8. The first-order valence-electron chi connectivity index (χ1n) is 11.3. The fraction of sp³-hybridized carbons (Fsp3) is 0.417. The smallest absolute Gasteiger partial charge is 0.389 e. The van der Waals surface area contributed by atoms with Gasteiger partial charge in [0.2, 0.25) is 11.7 Å². The average molecular weight is 502 g/mol. The molecule has 3 aromatic rings. The number of halogens is 3. The number of nitrogens with zero attached hydrogens (tertiary/aromatic N) is 4. The summed E-state index contributed by atoms with van der Waals surface area (Å²) in [5.41, 5.74) is -1.20. The number of benzene rings is 1. The Hall–Kier alpha value is -3.69. The van der Waals surface area contributed by atoms with E-state index in [1.165, 1.54) is 25.5 Å². The molecule has 4 N–H and O–H groups in total. The predicted molar refractivity (Wildman–Crippen MR) is 125 cm³/mol. The maximum absolute atomic E-state index is 13.0. The first-order valence-corrected chi connectivity index (χ1v) is 11.3. The van der Waals surface area contributed by atoms with E-state index in [0.29, 0.717) is 23.4 Å². The Bertz CT molecular complexity index is 1360. The van der Waals surface area contributed by atoms with E-state index in [9.17, 15) is 28.2 Å². The van der Waals surface area contributed by atoms with Crippen LogP contribution in [0.2, 0.25) is 0 Å². The number of carbonyl (C=O) groups excluding carboxylic acids is 1. The lowest BCUT2D eigenvalue weighted by Crippen LogP contribution is -2.46. The van der Waals surface area contributed by atoms with Gasteiger partial charge in [-0.1, -0.05) is 18.9 Å². The van der Waals surface area contributed by atoms with E-state index in [-0.39, 0.29) is 23.7 Å². The molecule has 4 rings (SSSR count). The number of rotatable bonds is 4. The van der Waals surface area contributed by atoms with E-state index in [4.69, 9.17) is 0 Å². The topological polar surface area (TPSA) is 125 Å². The number of nitrogens with one attached hydrogen (secondary N) is 2. The molecular formula is C24H25F3N6O3. The van der Waals surface area contributed by atoms with Crippen molar-refractivity contribution < 1.29 is 28.2 Å². The summed E-state index contributed by atoms with van der Waals surface area (Å²) in [7, 11) is 3.09. The highest BCUT2D eigenvalue weighted by Crippen LogP contribution is 2.48. The normalized spacial score (nSPS) is 23.8. The molecule has 190 valence electrons. The van der Waals surface area contributed by atoms with Crippen molar-refractivity contribution in [2.24, 2.45) is 5.41 Å². The molecule has 36 heavy (non-hydrogen) atoms. The molecule has 1 amide bonds. The lowest BCUT2D eigenvalue weighted by molar-refractivity contribution is -0.139. The van der Waals surface area contributed by atoms with Gasteiger partial charge in [0.25, 0.3) is 0 Å². The highest BCUT2D eigenvalue weighted by molar-refractivity contribution is 5.85. The largest absolute Gasteiger partial charge is 0.416 e. The number of amides is 1. The molecule has 1 fully saturated rings. The van der Waals surface area contributed by atoms with Gasteiger partial charge in [-0.3, -0.25) is 4.79 Å². The number of aromatic nitrogens is 4. The number of aliphatic hydroxyl groups is 2. The van der Waals surface area contributed by atoms with Crippen molar-refractivity contribution in [3.63, 3.8) is 0 Å². The molecule has 2 aromatic heterocycles. The van der Waals surface area contributed by atoms with Crippen LogP contribution in [0, 0.1) is 17.3 Å². The van der Waals surface area contributed by atoms with Crippen LogP contribution >= 0.6 is 0 Å². The summed E-state index contributed by atoms with van der Waals surface area (Å²) in [5, 5.41) is 27.1. The summed E-state index contributed by atoms with van der Waals surface area (Å²) in [5.74, 6) is 5.32. The van der Waals surface area contributed by atoms with Gasteiger partial charge < -0.3 is 25.4 Å². The minimum Gasteiger partial charge on any atom is -0.389 e. The third kappa shape index (κ3) is 4.25. The quantitative estimate of drug-likeness (QED) is 0.403. The van der Waals surface area contributed by atoms with Gasteiger partial charge in [0.1, 0.15) is 6.10 Å². The Morgan fingerprint density at radius 3 is 2.64 bits per heavy atom. The molecule has 1 saturated carbocycles. The highest BCUT2D eigenvalue weighted by atomic mass is 19.4. The number of fused-ring (bicyclic) bond motifs is 1. The molecular weight excluding hydrogens is 477 g/mol. The number of imidazole rings is 1. The first-order chi connectivity index (χ1) is 17.1. The number of alkyl halides is 3. The zero-order valence-electron chi connectivity index (χ0n) is 19.8. The number of hydrogen-bond donors (Lipinski definition) is 4. The number of aliphatic hydroxyl groups excluding tert-OH is 2. The van der Waals surface area contributed by atoms with Crippen molar-refractivity contribution in [2.45, 2.75) is 44.2 Å². The SMILES string of the molecule is CC[C@]1(C(=O)NC)CC(n2cnc3c(NC)nc(C#Cc4cccc(C(F)(F)F)c4)nc32)[C@H](O)[C@@H]1O. The highest BCUT2D eigenvalue weighted by Gasteiger charge is 2.56. The average Bonchev–Trinajstić information content (AvgIpc) is 3.40. The second kappa shape index (κ2) is 9.40. The molecule has 0 aliphatic heterocycles. The van der Waals surface area contributed by atoms with E-state index >= 15 is 0 Å². The molecule has 2 heterocycles. The standard InChI is InChI=1S/C24H25F3N6O3/c1-4-23(22(36)29-3)11-15(18(34)19(23)35)33-12-30-17-20(28-2)31-16(32-21(17)33)9-8-13-6-5-7-14(10-13)24(25,26)27/h5-7,10,12,15,18-19,34-35H,4,11H2,1-3H3,(H,29,36)(H,28,31,32)/t15?,18-,19-,23-/m0/s1. The van der Waals surface area contributed by atoms with Gasteiger partial charge in [0.15, 0.2) is 17.0 Å². The van der Waals surface area contributed by atoms with E-state index in [0.717, 1.165) is 12.1 Å². The third-order valence-electron chi connectivity index (χ3n) is 6.69. The lowest BCUT2D eigenvalue weighted by atomic mass is 9.80. The van der Waals surface area contributed by atoms with Crippen LogP contribution in [-0.2, 0) is 11.0 Å². The van der Waals surface area contributed by atoms with Gasteiger partial charge in [0.05, 0.1) is 29.5 Å². The van der Waals surface area contributed by atoms with Crippen molar-refractivity contribution in [1.29, 1.82) is 0 Å². The molecule has 1 aliphatic rings. The van der Waals surface area contributed by atoms with Gasteiger partial charge in [-0.05, 0) is 37.0 Å². The Kier molecular flexibility index (Phi) is 6.64. The Balaban J connectivity index is 1.77. The van der Waals surface area contributed by atoms with E-state index in [1.807, 2.05) is 0 Å². The molecule has 1 aromatic carbocycles. The zero-order chi connectivity index (χ0) is 26.3. The van der Waals surface area contributed by atoms with Crippen LogP contribution in [0.4, 0.5) is 19.0 Å². The van der Waals surface area contributed by atoms with Crippen LogP contribution in [0.5, 0.6) is 0 Å². The third-order valence-corrected chi connectivity index (χ3v) is 6.69. The fourth-order valence-electron chi connectivity index (χ4n) is 4.70. The van der Waals surface area contributed by atoms with Crippen LogP contribution in [0.1, 0.15) is 42.8 Å². The van der Waals surface area contributed by atoms with Crippen LogP contribution in [0.3, 0.4) is 0 Å². The summed E-state index contributed by atoms with van der Waals surface area (Å²) in [6.45, 7) is 1.77. The molecule has 12 heteroatoms. The van der Waals surface area contributed by atoms with Crippen molar-refractivity contribution >= 4 is 22.9 Å². The summed E-state index contributed by atoms with van der Waals surface area (Å²) in [4.78, 5) is 25.7. The number of anilines is 1.